The second kappa shape index (κ2) is 5.38. The quantitative estimate of drug-likeness (QED) is 0.915. The van der Waals surface area contributed by atoms with Crippen LogP contribution in [-0.4, -0.2) is 25.8 Å². The molecule has 1 saturated carbocycles. The van der Waals surface area contributed by atoms with Crippen molar-refractivity contribution in [2.75, 3.05) is 5.32 Å². The summed E-state index contributed by atoms with van der Waals surface area (Å²) in [5.74, 6) is 1.59. The summed E-state index contributed by atoms with van der Waals surface area (Å²) in [5.41, 5.74) is 1.07. The number of hydrogen-bond acceptors (Lipinski definition) is 4. The number of pyridine rings is 1. The Kier molecular flexibility index (Phi) is 3.44. The number of anilines is 1. The fourth-order valence-electron chi connectivity index (χ4n) is 2.77. The van der Waals surface area contributed by atoms with Gasteiger partial charge in [-0.25, -0.2) is 14.6 Å². The van der Waals surface area contributed by atoms with Gasteiger partial charge in [0.2, 0.25) is 0 Å². The second-order valence-corrected chi connectivity index (χ2v) is 5.22. The second-order valence-electron chi connectivity index (χ2n) is 5.22. The SMILES string of the molecule is CC(Nc1ccc(-n2cncn2)nc1)C1CCCC1. The van der Waals surface area contributed by atoms with Crippen LogP contribution in [0.25, 0.3) is 5.82 Å². The van der Waals surface area contributed by atoms with Crippen LogP contribution in [0, 0.1) is 5.92 Å². The van der Waals surface area contributed by atoms with Crippen LogP contribution in [0.4, 0.5) is 5.69 Å². The Morgan fingerprint density at radius 3 is 2.79 bits per heavy atom. The van der Waals surface area contributed by atoms with E-state index in [0.29, 0.717) is 6.04 Å². The lowest BCUT2D eigenvalue weighted by atomic mass is 10.00. The number of aromatic nitrogens is 4. The van der Waals surface area contributed by atoms with E-state index in [1.807, 2.05) is 12.3 Å². The highest BCUT2D eigenvalue weighted by Crippen LogP contribution is 2.29. The molecular weight excluding hydrogens is 238 g/mol. The Labute approximate surface area is 113 Å². The first-order chi connectivity index (χ1) is 9.33. The number of nitrogens with one attached hydrogen (secondary N) is 1. The summed E-state index contributed by atoms with van der Waals surface area (Å²) in [5, 5.41) is 7.61. The molecule has 1 atom stereocenters. The van der Waals surface area contributed by atoms with Gasteiger partial charge < -0.3 is 5.32 Å². The Morgan fingerprint density at radius 1 is 1.32 bits per heavy atom. The maximum Gasteiger partial charge on any atom is 0.155 e. The van der Waals surface area contributed by atoms with E-state index in [-0.39, 0.29) is 0 Å². The van der Waals surface area contributed by atoms with Crippen LogP contribution < -0.4 is 5.32 Å². The number of hydrogen-bond donors (Lipinski definition) is 1. The van der Waals surface area contributed by atoms with Crippen molar-refractivity contribution in [3.8, 4) is 5.82 Å². The summed E-state index contributed by atoms with van der Waals surface area (Å²) in [6, 6.07) is 4.52. The molecule has 2 aromatic heterocycles. The summed E-state index contributed by atoms with van der Waals surface area (Å²) in [6.07, 6.45) is 10.5. The normalized spacial score (nSPS) is 17.5. The molecule has 5 heteroatoms. The van der Waals surface area contributed by atoms with Gasteiger partial charge in [0, 0.05) is 6.04 Å². The van der Waals surface area contributed by atoms with Crippen molar-refractivity contribution in [2.24, 2.45) is 5.92 Å². The van der Waals surface area contributed by atoms with E-state index in [9.17, 15) is 0 Å². The van der Waals surface area contributed by atoms with E-state index < -0.39 is 0 Å². The van der Waals surface area contributed by atoms with Gasteiger partial charge in [-0.15, -0.1) is 0 Å². The third-order valence-corrected chi connectivity index (χ3v) is 3.90. The molecule has 0 bridgehead atoms. The maximum absolute atomic E-state index is 4.40. The van der Waals surface area contributed by atoms with Crippen LogP contribution in [0.1, 0.15) is 32.6 Å². The zero-order chi connectivity index (χ0) is 13.1. The molecule has 1 fully saturated rings. The van der Waals surface area contributed by atoms with Crippen molar-refractivity contribution in [1.82, 2.24) is 19.7 Å². The third-order valence-electron chi connectivity index (χ3n) is 3.90. The Balaban J connectivity index is 1.65. The van der Waals surface area contributed by atoms with Crippen molar-refractivity contribution in [3.63, 3.8) is 0 Å². The highest BCUT2D eigenvalue weighted by atomic mass is 15.3. The highest BCUT2D eigenvalue weighted by molar-refractivity contribution is 5.44. The summed E-state index contributed by atoms with van der Waals surface area (Å²) >= 11 is 0. The molecule has 1 aliphatic rings. The first-order valence-corrected chi connectivity index (χ1v) is 6.90. The Morgan fingerprint density at radius 2 is 2.16 bits per heavy atom. The highest BCUT2D eigenvalue weighted by Gasteiger charge is 2.21. The van der Waals surface area contributed by atoms with Crippen molar-refractivity contribution in [2.45, 2.75) is 38.6 Å². The van der Waals surface area contributed by atoms with E-state index in [0.717, 1.165) is 17.4 Å². The molecule has 2 aromatic rings. The molecule has 1 aliphatic carbocycles. The van der Waals surface area contributed by atoms with E-state index in [4.69, 9.17) is 0 Å². The molecule has 0 aliphatic heterocycles. The predicted octanol–water partition coefficient (Wildman–Crippen LogP) is 2.65. The van der Waals surface area contributed by atoms with Crippen LogP contribution >= 0.6 is 0 Å². The minimum atomic E-state index is 0.515. The molecule has 3 rings (SSSR count). The lowest BCUT2D eigenvalue weighted by molar-refractivity contribution is 0.482. The standard InChI is InChI=1S/C14H19N5/c1-11(12-4-2-3-5-12)18-13-6-7-14(16-8-13)19-10-15-9-17-19/h6-12,18H,2-5H2,1H3. The van der Waals surface area contributed by atoms with Gasteiger partial charge in [-0.1, -0.05) is 12.8 Å². The van der Waals surface area contributed by atoms with Gasteiger partial charge in [0.05, 0.1) is 11.9 Å². The fraction of sp³-hybridized carbons (Fsp3) is 0.500. The predicted molar refractivity (Wildman–Crippen MR) is 74.2 cm³/mol. The lowest BCUT2D eigenvalue weighted by Crippen LogP contribution is -2.23. The van der Waals surface area contributed by atoms with Gasteiger partial charge in [-0.3, -0.25) is 0 Å². The molecule has 0 aromatic carbocycles. The average Bonchev–Trinajstić information content (AvgIpc) is 3.13. The van der Waals surface area contributed by atoms with Gasteiger partial charge >= 0.3 is 0 Å². The summed E-state index contributed by atoms with van der Waals surface area (Å²) in [7, 11) is 0. The molecule has 1 unspecified atom stereocenters. The van der Waals surface area contributed by atoms with Gasteiger partial charge in [0.15, 0.2) is 5.82 Å². The van der Waals surface area contributed by atoms with Gasteiger partial charge in [-0.05, 0) is 37.8 Å². The Bertz CT molecular complexity index is 499. The van der Waals surface area contributed by atoms with Crippen molar-refractivity contribution in [3.05, 3.63) is 31.0 Å². The van der Waals surface area contributed by atoms with Crippen molar-refractivity contribution < 1.29 is 0 Å². The zero-order valence-electron chi connectivity index (χ0n) is 11.2. The van der Waals surface area contributed by atoms with Crippen LogP contribution in [0.3, 0.4) is 0 Å². The summed E-state index contributed by atoms with van der Waals surface area (Å²) < 4.78 is 1.66. The maximum atomic E-state index is 4.40. The van der Waals surface area contributed by atoms with Crippen molar-refractivity contribution in [1.29, 1.82) is 0 Å². The van der Waals surface area contributed by atoms with Gasteiger partial charge in [0.1, 0.15) is 12.7 Å². The molecule has 5 nitrogen and oxygen atoms in total. The van der Waals surface area contributed by atoms with Crippen molar-refractivity contribution >= 4 is 5.69 Å². The minimum Gasteiger partial charge on any atom is -0.381 e. The Hall–Kier alpha value is -1.91. The monoisotopic (exact) mass is 257 g/mol. The molecule has 100 valence electrons. The fourth-order valence-corrected chi connectivity index (χ4v) is 2.77. The molecule has 0 radical (unpaired) electrons. The molecule has 0 amide bonds. The third kappa shape index (κ3) is 2.75. The van der Waals surface area contributed by atoms with Crippen LogP contribution in [0.5, 0.6) is 0 Å². The number of rotatable bonds is 4. The molecule has 19 heavy (non-hydrogen) atoms. The van der Waals surface area contributed by atoms with E-state index in [1.54, 1.807) is 11.0 Å². The topological polar surface area (TPSA) is 55.6 Å². The minimum absolute atomic E-state index is 0.515. The molecule has 1 N–H and O–H groups in total. The van der Waals surface area contributed by atoms with Crippen LogP contribution in [-0.2, 0) is 0 Å². The molecule has 2 heterocycles. The molecule has 0 spiro atoms. The average molecular weight is 257 g/mol. The first kappa shape index (κ1) is 12.1. The zero-order valence-corrected chi connectivity index (χ0v) is 11.2. The molecule has 0 saturated heterocycles. The van der Waals surface area contributed by atoms with Crippen LogP contribution in [0.2, 0.25) is 0 Å². The van der Waals surface area contributed by atoms with E-state index in [2.05, 4.69) is 33.4 Å². The lowest BCUT2D eigenvalue weighted by Gasteiger charge is -2.21. The van der Waals surface area contributed by atoms with E-state index in [1.165, 1.54) is 32.0 Å². The largest absolute Gasteiger partial charge is 0.381 e. The summed E-state index contributed by atoms with van der Waals surface area (Å²) in [6.45, 7) is 2.27. The number of nitrogens with zero attached hydrogens (tertiary/aromatic N) is 4. The summed E-state index contributed by atoms with van der Waals surface area (Å²) in [4.78, 5) is 8.32. The molecular formula is C14H19N5. The van der Waals surface area contributed by atoms with Gasteiger partial charge in [-0.2, -0.15) is 5.10 Å². The van der Waals surface area contributed by atoms with Crippen LogP contribution in [0.15, 0.2) is 31.0 Å². The smallest absolute Gasteiger partial charge is 0.155 e. The van der Waals surface area contributed by atoms with Gasteiger partial charge in [0.25, 0.3) is 0 Å². The van der Waals surface area contributed by atoms with E-state index >= 15 is 0 Å². The first-order valence-electron chi connectivity index (χ1n) is 6.90.